The van der Waals surface area contributed by atoms with Crippen molar-refractivity contribution in [2.24, 2.45) is 0 Å². The molecule has 23 heavy (non-hydrogen) atoms. The zero-order valence-electron chi connectivity index (χ0n) is 12.5. The fourth-order valence-corrected chi connectivity index (χ4v) is 3.33. The second-order valence-corrected chi connectivity index (χ2v) is 7.55. The van der Waals surface area contributed by atoms with Crippen LogP contribution in [0.25, 0.3) is 0 Å². The van der Waals surface area contributed by atoms with Crippen LogP contribution in [0.15, 0.2) is 42.1 Å². The summed E-state index contributed by atoms with van der Waals surface area (Å²) in [4.78, 5) is 12.1. The van der Waals surface area contributed by atoms with Gasteiger partial charge in [-0.2, -0.15) is 0 Å². The van der Waals surface area contributed by atoms with E-state index in [0.717, 1.165) is 20.2 Å². The van der Waals surface area contributed by atoms with Crippen molar-refractivity contribution in [2.75, 3.05) is 11.1 Å². The predicted molar refractivity (Wildman–Crippen MR) is 101 cm³/mol. The molecule has 2 aromatic rings. The molecule has 1 aliphatic rings. The summed E-state index contributed by atoms with van der Waals surface area (Å²) in [6.45, 7) is 4.47. The van der Waals surface area contributed by atoms with Gasteiger partial charge >= 0.3 is 0 Å². The van der Waals surface area contributed by atoms with Gasteiger partial charge in [0.2, 0.25) is 5.91 Å². The maximum Gasteiger partial charge on any atom is 0.234 e. The molecule has 1 amide bonds. The number of halogens is 1. The van der Waals surface area contributed by atoms with Gasteiger partial charge in [0.15, 0.2) is 5.16 Å². The first-order chi connectivity index (χ1) is 11.2. The molecule has 1 aromatic carbocycles. The Kier molecular flexibility index (Phi) is 5.37. The maximum absolute atomic E-state index is 12.1. The van der Waals surface area contributed by atoms with E-state index in [2.05, 4.69) is 49.3 Å². The number of carbonyl (C=O) groups excluding carboxylic acids is 1. The molecule has 1 N–H and O–H groups in total. The number of aromatic nitrogens is 3. The Morgan fingerprint density at radius 2 is 2.13 bits per heavy atom. The van der Waals surface area contributed by atoms with Crippen molar-refractivity contribution in [1.29, 1.82) is 0 Å². The summed E-state index contributed by atoms with van der Waals surface area (Å²) in [5.74, 6) is 1.81. The van der Waals surface area contributed by atoms with Gasteiger partial charge in [-0.3, -0.25) is 4.79 Å². The first kappa shape index (κ1) is 16.5. The third-order valence-electron chi connectivity index (χ3n) is 3.46. The molecular weight excluding hydrogens is 423 g/mol. The van der Waals surface area contributed by atoms with Crippen molar-refractivity contribution in [3.8, 4) is 0 Å². The average Bonchev–Trinajstić information content (AvgIpc) is 3.30. The number of nitrogens with zero attached hydrogens (tertiary/aromatic N) is 3. The van der Waals surface area contributed by atoms with Crippen molar-refractivity contribution < 1.29 is 4.79 Å². The SMILES string of the molecule is C=CCn1c(SCC(=O)Nc2ccc(I)cc2)nnc1C1CC1. The van der Waals surface area contributed by atoms with Crippen LogP contribution in [-0.4, -0.2) is 26.4 Å². The van der Waals surface area contributed by atoms with Crippen molar-refractivity contribution in [2.45, 2.75) is 30.5 Å². The molecule has 1 aromatic heterocycles. The summed E-state index contributed by atoms with van der Waals surface area (Å²) in [5, 5.41) is 12.2. The minimum atomic E-state index is -0.0441. The number of hydrogen-bond acceptors (Lipinski definition) is 4. The Morgan fingerprint density at radius 1 is 1.39 bits per heavy atom. The van der Waals surface area contributed by atoms with E-state index < -0.39 is 0 Å². The Morgan fingerprint density at radius 3 is 2.78 bits per heavy atom. The normalized spacial score (nSPS) is 13.8. The highest BCUT2D eigenvalue weighted by atomic mass is 127. The Bertz CT molecular complexity index is 709. The number of amides is 1. The molecule has 120 valence electrons. The van der Waals surface area contributed by atoms with Gasteiger partial charge in [-0.1, -0.05) is 17.8 Å². The quantitative estimate of drug-likeness (QED) is 0.406. The first-order valence-corrected chi connectivity index (χ1v) is 9.46. The summed E-state index contributed by atoms with van der Waals surface area (Å²) >= 11 is 3.65. The van der Waals surface area contributed by atoms with Gasteiger partial charge in [-0.15, -0.1) is 16.8 Å². The molecule has 0 saturated heterocycles. The van der Waals surface area contributed by atoms with Crippen molar-refractivity contribution in [3.63, 3.8) is 0 Å². The van der Waals surface area contributed by atoms with Crippen molar-refractivity contribution >= 4 is 45.9 Å². The second kappa shape index (κ2) is 7.48. The maximum atomic E-state index is 12.1. The molecule has 5 nitrogen and oxygen atoms in total. The number of thioether (sulfide) groups is 1. The molecule has 0 radical (unpaired) electrons. The average molecular weight is 440 g/mol. The van der Waals surface area contributed by atoms with Crippen LogP contribution in [0.3, 0.4) is 0 Å². The summed E-state index contributed by atoms with van der Waals surface area (Å²) in [6, 6.07) is 7.73. The zero-order valence-corrected chi connectivity index (χ0v) is 15.5. The van der Waals surface area contributed by atoms with Gasteiger partial charge in [0.05, 0.1) is 5.75 Å². The lowest BCUT2D eigenvalue weighted by molar-refractivity contribution is -0.113. The largest absolute Gasteiger partial charge is 0.325 e. The number of anilines is 1. The number of carbonyl (C=O) groups is 1. The minimum Gasteiger partial charge on any atom is -0.325 e. The summed E-state index contributed by atoms with van der Waals surface area (Å²) < 4.78 is 3.20. The molecule has 1 fully saturated rings. The third kappa shape index (κ3) is 4.35. The van der Waals surface area contributed by atoms with Crippen LogP contribution < -0.4 is 5.32 Å². The van der Waals surface area contributed by atoms with Gasteiger partial charge in [0.1, 0.15) is 5.82 Å². The van der Waals surface area contributed by atoms with E-state index in [0.29, 0.717) is 18.2 Å². The number of nitrogens with one attached hydrogen (secondary N) is 1. The fourth-order valence-electron chi connectivity index (χ4n) is 2.21. The molecule has 0 spiro atoms. The standard InChI is InChI=1S/C16H17IN4OS/c1-2-9-21-15(11-3-4-11)19-20-16(21)23-10-14(22)18-13-7-5-12(17)6-8-13/h2,5-8,11H,1,3-4,9-10H2,(H,18,22). The smallest absolute Gasteiger partial charge is 0.234 e. The lowest BCUT2D eigenvalue weighted by atomic mass is 10.3. The Hall–Kier alpha value is -1.35. The van der Waals surface area contributed by atoms with E-state index in [1.165, 1.54) is 24.6 Å². The van der Waals surface area contributed by atoms with Crippen LogP contribution in [0.4, 0.5) is 5.69 Å². The molecule has 3 rings (SSSR count). The van der Waals surface area contributed by atoms with E-state index in [9.17, 15) is 4.79 Å². The fraction of sp³-hybridized carbons (Fsp3) is 0.312. The number of rotatable bonds is 7. The molecule has 0 bridgehead atoms. The van der Waals surface area contributed by atoms with Crippen LogP contribution in [0.2, 0.25) is 0 Å². The monoisotopic (exact) mass is 440 g/mol. The molecule has 0 unspecified atom stereocenters. The topological polar surface area (TPSA) is 59.8 Å². The van der Waals surface area contributed by atoms with Gasteiger partial charge < -0.3 is 9.88 Å². The first-order valence-electron chi connectivity index (χ1n) is 7.39. The van der Waals surface area contributed by atoms with Crippen LogP contribution >= 0.6 is 34.4 Å². The van der Waals surface area contributed by atoms with Crippen LogP contribution in [0.1, 0.15) is 24.6 Å². The number of hydrogen-bond donors (Lipinski definition) is 1. The van der Waals surface area contributed by atoms with Gasteiger partial charge in [-0.25, -0.2) is 0 Å². The van der Waals surface area contributed by atoms with E-state index in [4.69, 9.17) is 0 Å². The lowest BCUT2D eigenvalue weighted by Crippen LogP contribution is -2.14. The van der Waals surface area contributed by atoms with Crippen LogP contribution in [-0.2, 0) is 11.3 Å². The van der Waals surface area contributed by atoms with Crippen molar-refractivity contribution in [3.05, 3.63) is 46.3 Å². The van der Waals surface area contributed by atoms with Gasteiger partial charge in [0, 0.05) is 21.7 Å². The number of benzene rings is 1. The Labute approximate surface area is 153 Å². The van der Waals surface area contributed by atoms with E-state index >= 15 is 0 Å². The molecule has 1 saturated carbocycles. The van der Waals surface area contributed by atoms with Gasteiger partial charge in [-0.05, 0) is 59.7 Å². The second-order valence-electron chi connectivity index (χ2n) is 5.36. The lowest BCUT2D eigenvalue weighted by Gasteiger charge is -2.07. The molecular formula is C16H17IN4OS. The zero-order chi connectivity index (χ0) is 16.2. The summed E-state index contributed by atoms with van der Waals surface area (Å²) in [5.41, 5.74) is 0.808. The molecule has 0 atom stereocenters. The molecule has 1 heterocycles. The molecule has 7 heteroatoms. The highest BCUT2D eigenvalue weighted by Gasteiger charge is 2.30. The molecule has 0 aliphatic heterocycles. The van der Waals surface area contributed by atoms with Crippen LogP contribution in [0, 0.1) is 3.57 Å². The summed E-state index contributed by atoms with van der Waals surface area (Å²) in [7, 11) is 0. The minimum absolute atomic E-state index is 0.0441. The highest BCUT2D eigenvalue weighted by Crippen LogP contribution is 2.40. The third-order valence-corrected chi connectivity index (χ3v) is 5.15. The Balaban J connectivity index is 1.60. The van der Waals surface area contributed by atoms with Crippen molar-refractivity contribution in [1.82, 2.24) is 14.8 Å². The van der Waals surface area contributed by atoms with E-state index in [-0.39, 0.29) is 5.91 Å². The molecule has 1 aliphatic carbocycles. The predicted octanol–water partition coefficient (Wildman–Crippen LogP) is 3.68. The van der Waals surface area contributed by atoms with Crippen LogP contribution in [0.5, 0.6) is 0 Å². The van der Waals surface area contributed by atoms with E-state index in [1.54, 1.807) is 0 Å². The van der Waals surface area contributed by atoms with Gasteiger partial charge in [0.25, 0.3) is 0 Å². The van der Waals surface area contributed by atoms with E-state index in [1.807, 2.05) is 30.3 Å². The summed E-state index contributed by atoms with van der Waals surface area (Å²) in [6.07, 6.45) is 4.19. The highest BCUT2D eigenvalue weighted by molar-refractivity contribution is 14.1. The number of allylic oxidation sites excluding steroid dienone is 1.